The van der Waals surface area contributed by atoms with Crippen LogP contribution in [0.2, 0.25) is 0 Å². The van der Waals surface area contributed by atoms with Gasteiger partial charge in [-0.2, -0.15) is 8.42 Å². The molecule has 1 N–H and O–H groups in total. The molecule has 1 aromatic rings. The first-order chi connectivity index (χ1) is 11.8. The Morgan fingerprint density at radius 2 is 1.96 bits per heavy atom. The largest absolute Gasteiger partial charge is 0.298 e. The van der Waals surface area contributed by atoms with E-state index in [1.54, 1.807) is 6.26 Å². The van der Waals surface area contributed by atoms with Gasteiger partial charge < -0.3 is 0 Å². The molecular weight excluding hydrogens is 360 g/mol. The summed E-state index contributed by atoms with van der Waals surface area (Å²) >= 11 is 0. The van der Waals surface area contributed by atoms with Crippen molar-refractivity contribution in [1.82, 2.24) is 10.4 Å². The van der Waals surface area contributed by atoms with Crippen LogP contribution in [0.4, 0.5) is 0 Å². The Morgan fingerprint density at radius 1 is 1.28 bits per heavy atom. The average molecular weight is 383 g/mol. The van der Waals surface area contributed by atoms with E-state index >= 15 is 0 Å². The van der Waals surface area contributed by atoms with Crippen LogP contribution in [-0.4, -0.2) is 43.3 Å². The zero-order valence-electron chi connectivity index (χ0n) is 14.3. The second-order valence-electron chi connectivity index (χ2n) is 6.41. The van der Waals surface area contributed by atoms with Crippen LogP contribution in [-0.2, 0) is 25.1 Å². The average Bonchev–Trinajstić information content (AvgIpc) is 3.36. The lowest BCUT2D eigenvalue weighted by Gasteiger charge is -2.29. The number of nitrogens with one attached hydrogen (secondary N) is 1. The van der Waals surface area contributed by atoms with Gasteiger partial charge in [-0.05, 0) is 48.1 Å². The summed E-state index contributed by atoms with van der Waals surface area (Å²) in [5.41, 5.74) is 5.94. The lowest BCUT2D eigenvalue weighted by atomic mass is 10.1. The normalized spacial score (nSPS) is 19.0. The van der Waals surface area contributed by atoms with Gasteiger partial charge in [-0.3, -0.25) is 18.8 Å². The smallest absolute Gasteiger partial charge is 0.264 e. The predicted molar refractivity (Wildman–Crippen MR) is 98.2 cm³/mol. The van der Waals surface area contributed by atoms with E-state index in [0.717, 1.165) is 34.5 Å². The van der Waals surface area contributed by atoms with Gasteiger partial charge in [-0.15, -0.1) is 0 Å². The first-order valence-corrected chi connectivity index (χ1v) is 11.4. The molecule has 1 heterocycles. The van der Waals surface area contributed by atoms with Crippen molar-refractivity contribution in [3.05, 3.63) is 47.7 Å². The number of hydrazine groups is 1. The maximum Gasteiger partial charge on any atom is 0.264 e. The molecule has 1 aromatic carbocycles. The van der Waals surface area contributed by atoms with Gasteiger partial charge in [-0.25, -0.2) is 0 Å². The summed E-state index contributed by atoms with van der Waals surface area (Å²) in [7, 11) is -4.51. The molecule has 1 atom stereocenters. The van der Waals surface area contributed by atoms with Crippen molar-refractivity contribution >= 4 is 26.6 Å². The van der Waals surface area contributed by atoms with E-state index in [0.29, 0.717) is 5.92 Å². The highest BCUT2D eigenvalue weighted by Crippen LogP contribution is 2.31. The van der Waals surface area contributed by atoms with Gasteiger partial charge in [0.05, 0.1) is 18.6 Å². The zero-order valence-corrected chi connectivity index (χ0v) is 15.9. The number of nitrogens with zero attached hydrogens (tertiary/aromatic N) is 1. The molecule has 3 rings (SSSR count). The minimum Gasteiger partial charge on any atom is -0.298 e. The number of benzene rings is 1. The Kier molecular flexibility index (Phi) is 5.31. The topological polar surface area (TPSA) is 75.7 Å². The number of hydrogen-bond acceptors (Lipinski definition) is 6. The lowest BCUT2D eigenvalue weighted by Crippen LogP contribution is -2.36. The van der Waals surface area contributed by atoms with Crippen molar-refractivity contribution in [3.63, 3.8) is 0 Å². The zero-order chi connectivity index (χ0) is 18.0. The maximum absolute atomic E-state index is 11.5. The third kappa shape index (κ3) is 5.42. The molecule has 1 aliphatic carbocycles. The fraction of sp³-hybridized carbons (Fsp3) is 0.412. The highest BCUT2D eigenvalue weighted by Gasteiger charge is 2.25. The van der Waals surface area contributed by atoms with E-state index in [4.69, 9.17) is 4.18 Å². The molecule has 0 radical (unpaired) electrons. The molecule has 6 nitrogen and oxygen atoms in total. The van der Waals surface area contributed by atoms with Gasteiger partial charge in [0.2, 0.25) is 0 Å². The van der Waals surface area contributed by atoms with Crippen LogP contribution in [0.1, 0.15) is 18.4 Å². The second-order valence-corrected chi connectivity index (χ2v) is 9.44. The standard InChI is InChI=1S/C17H22N2O4S2/c1-24(20)16-7-5-15(6-8-16)17-9-14(12-23-25(2,21)22)11-19(18-17)10-13-3-4-13/h5-9,11,13,18H,3-4,10,12H2,1-2H3. The lowest BCUT2D eigenvalue weighted by molar-refractivity contribution is 0.295. The van der Waals surface area contributed by atoms with Crippen molar-refractivity contribution in [2.24, 2.45) is 5.92 Å². The molecule has 1 aliphatic heterocycles. The Hall–Kier alpha value is -1.64. The van der Waals surface area contributed by atoms with E-state index in [-0.39, 0.29) is 6.61 Å². The highest BCUT2D eigenvalue weighted by molar-refractivity contribution is 7.86. The summed E-state index contributed by atoms with van der Waals surface area (Å²) in [5, 5.41) is 1.99. The van der Waals surface area contributed by atoms with Gasteiger partial charge in [0.25, 0.3) is 10.1 Å². The van der Waals surface area contributed by atoms with E-state index in [1.165, 1.54) is 12.8 Å². The van der Waals surface area contributed by atoms with Gasteiger partial charge in [-0.1, -0.05) is 12.1 Å². The van der Waals surface area contributed by atoms with Crippen LogP contribution in [0, 0.1) is 5.92 Å². The molecule has 136 valence electrons. The van der Waals surface area contributed by atoms with Crippen LogP contribution in [0.25, 0.3) is 5.70 Å². The molecule has 2 aliphatic rings. The van der Waals surface area contributed by atoms with Crippen LogP contribution in [0.3, 0.4) is 0 Å². The quantitative estimate of drug-likeness (QED) is 0.726. The van der Waals surface area contributed by atoms with Crippen molar-refractivity contribution in [3.8, 4) is 0 Å². The molecule has 0 amide bonds. The molecule has 0 aromatic heterocycles. The van der Waals surface area contributed by atoms with E-state index in [9.17, 15) is 12.6 Å². The van der Waals surface area contributed by atoms with E-state index in [1.807, 2.05) is 41.6 Å². The third-order valence-electron chi connectivity index (χ3n) is 4.00. The fourth-order valence-corrected chi connectivity index (χ4v) is 3.42. The van der Waals surface area contributed by atoms with Crippen molar-refractivity contribution in [2.45, 2.75) is 17.7 Å². The summed E-state index contributed by atoms with van der Waals surface area (Å²) in [5.74, 6) is 0.671. The van der Waals surface area contributed by atoms with Gasteiger partial charge >= 0.3 is 0 Å². The summed E-state index contributed by atoms with van der Waals surface area (Å²) in [6.07, 6.45) is 8.90. The maximum atomic E-state index is 11.5. The molecule has 0 bridgehead atoms. The Labute approximate surface area is 151 Å². The Bertz CT molecular complexity index is 825. The molecular formula is C17H22N2O4S2. The van der Waals surface area contributed by atoms with E-state index < -0.39 is 20.9 Å². The summed E-state index contributed by atoms with van der Waals surface area (Å²) < 4.78 is 39.0. The van der Waals surface area contributed by atoms with Crippen LogP contribution < -0.4 is 5.43 Å². The monoisotopic (exact) mass is 382 g/mol. The van der Waals surface area contributed by atoms with Crippen LogP contribution >= 0.6 is 0 Å². The van der Waals surface area contributed by atoms with Crippen molar-refractivity contribution < 1.29 is 16.8 Å². The highest BCUT2D eigenvalue weighted by atomic mass is 32.2. The first-order valence-electron chi connectivity index (χ1n) is 8.04. The molecule has 0 spiro atoms. The number of rotatable bonds is 7. The Morgan fingerprint density at radius 3 is 2.52 bits per heavy atom. The van der Waals surface area contributed by atoms with E-state index in [2.05, 4.69) is 5.43 Å². The first kappa shape index (κ1) is 18.2. The SMILES string of the molecule is CS(=O)c1ccc(C2=CC(COS(C)(=O)=O)=CN(CC3CC3)N2)cc1. The predicted octanol–water partition coefficient (Wildman–Crippen LogP) is 1.86. The molecule has 0 saturated heterocycles. The summed E-state index contributed by atoms with van der Waals surface area (Å²) in [4.78, 5) is 0.770. The van der Waals surface area contributed by atoms with Crippen LogP contribution in [0.15, 0.2) is 47.0 Å². The van der Waals surface area contributed by atoms with Crippen LogP contribution in [0.5, 0.6) is 0 Å². The van der Waals surface area contributed by atoms with Gasteiger partial charge in [0.1, 0.15) is 0 Å². The molecule has 1 saturated carbocycles. The molecule has 1 fully saturated rings. The third-order valence-corrected chi connectivity index (χ3v) is 5.49. The summed E-state index contributed by atoms with van der Waals surface area (Å²) in [6.45, 7) is 0.874. The summed E-state index contributed by atoms with van der Waals surface area (Å²) in [6, 6.07) is 7.49. The molecule has 1 unspecified atom stereocenters. The molecule has 25 heavy (non-hydrogen) atoms. The Balaban J connectivity index is 1.81. The fourth-order valence-electron chi connectivity index (χ4n) is 2.55. The minimum atomic E-state index is -3.49. The molecule has 8 heteroatoms. The van der Waals surface area contributed by atoms with Gasteiger partial charge in [0, 0.05) is 34.7 Å². The van der Waals surface area contributed by atoms with Crippen molar-refractivity contribution in [2.75, 3.05) is 25.7 Å². The number of hydrogen-bond donors (Lipinski definition) is 1. The van der Waals surface area contributed by atoms with Gasteiger partial charge in [0.15, 0.2) is 0 Å². The second kappa shape index (κ2) is 7.31. The minimum absolute atomic E-state index is 0.00222. The van der Waals surface area contributed by atoms with Crippen molar-refractivity contribution in [1.29, 1.82) is 0 Å².